The standard InChI is InChI=1S/C14H25N3O/c1-11(8-18-3)17(2)10-14(9-15,12-4-5-12)16-13-6-7-13/h11-13,16H,4-8,10H2,1-3H3. The van der Waals surface area contributed by atoms with Crippen LogP contribution in [0.25, 0.3) is 0 Å². The third kappa shape index (κ3) is 3.23. The van der Waals surface area contributed by atoms with Gasteiger partial charge in [-0.2, -0.15) is 5.26 Å². The molecule has 0 spiro atoms. The van der Waals surface area contributed by atoms with Gasteiger partial charge in [-0.3, -0.25) is 10.2 Å². The highest BCUT2D eigenvalue weighted by Gasteiger charge is 2.49. The predicted molar refractivity (Wildman–Crippen MR) is 71.2 cm³/mol. The van der Waals surface area contributed by atoms with Crippen LogP contribution in [0.1, 0.15) is 32.6 Å². The molecule has 0 aliphatic heterocycles. The monoisotopic (exact) mass is 251 g/mol. The van der Waals surface area contributed by atoms with Gasteiger partial charge < -0.3 is 4.74 Å². The molecule has 2 aliphatic rings. The number of hydrogen-bond acceptors (Lipinski definition) is 4. The lowest BCUT2D eigenvalue weighted by atomic mass is 9.93. The zero-order valence-corrected chi connectivity index (χ0v) is 11.8. The van der Waals surface area contributed by atoms with Crippen LogP contribution in [0.2, 0.25) is 0 Å². The molecule has 0 aromatic heterocycles. The number of likely N-dealkylation sites (N-methyl/N-ethyl adjacent to an activating group) is 1. The molecule has 0 amide bonds. The Bertz CT molecular complexity index is 319. The molecule has 102 valence electrons. The Hall–Kier alpha value is -0.630. The van der Waals surface area contributed by atoms with Crippen LogP contribution in [0.3, 0.4) is 0 Å². The zero-order valence-electron chi connectivity index (χ0n) is 11.8. The van der Waals surface area contributed by atoms with Crippen LogP contribution in [0, 0.1) is 17.2 Å². The van der Waals surface area contributed by atoms with Gasteiger partial charge in [0.2, 0.25) is 0 Å². The fourth-order valence-electron chi connectivity index (χ4n) is 2.54. The molecule has 2 saturated carbocycles. The van der Waals surface area contributed by atoms with E-state index >= 15 is 0 Å². The molecule has 0 aromatic carbocycles. The first-order valence-corrected chi connectivity index (χ1v) is 6.99. The lowest BCUT2D eigenvalue weighted by molar-refractivity contribution is 0.0978. The van der Waals surface area contributed by atoms with E-state index in [0.29, 0.717) is 24.6 Å². The van der Waals surface area contributed by atoms with E-state index in [1.807, 2.05) is 0 Å². The van der Waals surface area contributed by atoms with Crippen LogP contribution in [-0.2, 0) is 4.74 Å². The van der Waals surface area contributed by atoms with Crippen molar-refractivity contribution in [3.05, 3.63) is 0 Å². The number of nitriles is 1. The summed E-state index contributed by atoms with van der Waals surface area (Å²) in [5.74, 6) is 0.542. The third-order valence-electron chi connectivity index (χ3n) is 4.17. The van der Waals surface area contributed by atoms with E-state index in [1.54, 1.807) is 7.11 Å². The van der Waals surface area contributed by atoms with Crippen molar-refractivity contribution in [1.29, 1.82) is 5.26 Å². The van der Waals surface area contributed by atoms with Crippen LogP contribution >= 0.6 is 0 Å². The number of rotatable bonds is 8. The van der Waals surface area contributed by atoms with E-state index in [2.05, 4.69) is 30.3 Å². The minimum absolute atomic E-state index is 0.335. The van der Waals surface area contributed by atoms with Gasteiger partial charge in [-0.25, -0.2) is 0 Å². The van der Waals surface area contributed by atoms with Crippen molar-refractivity contribution in [2.45, 2.75) is 50.2 Å². The summed E-state index contributed by atoms with van der Waals surface area (Å²) in [7, 11) is 3.82. The Kier molecular flexibility index (Phi) is 4.26. The van der Waals surface area contributed by atoms with E-state index in [4.69, 9.17) is 4.74 Å². The molecule has 4 nitrogen and oxygen atoms in total. The third-order valence-corrected chi connectivity index (χ3v) is 4.17. The quantitative estimate of drug-likeness (QED) is 0.708. The normalized spacial score (nSPS) is 24.6. The summed E-state index contributed by atoms with van der Waals surface area (Å²) >= 11 is 0. The summed E-state index contributed by atoms with van der Waals surface area (Å²) in [6.45, 7) is 3.66. The van der Waals surface area contributed by atoms with E-state index in [-0.39, 0.29) is 5.54 Å². The van der Waals surface area contributed by atoms with E-state index in [1.165, 1.54) is 25.7 Å². The largest absolute Gasteiger partial charge is 0.383 e. The molecule has 2 unspecified atom stereocenters. The van der Waals surface area contributed by atoms with Crippen LogP contribution in [0.15, 0.2) is 0 Å². The lowest BCUT2D eigenvalue weighted by Crippen LogP contribution is -2.56. The summed E-state index contributed by atoms with van der Waals surface area (Å²) in [4.78, 5) is 2.25. The Balaban J connectivity index is 1.97. The Morgan fingerprint density at radius 1 is 1.44 bits per heavy atom. The van der Waals surface area contributed by atoms with Crippen molar-refractivity contribution in [2.24, 2.45) is 5.92 Å². The maximum Gasteiger partial charge on any atom is 0.122 e. The second-order valence-corrected chi connectivity index (χ2v) is 6.00. The molecule has 0 bridgehead atoms. The molecular formula is C14H25N3O. The number of methoxy groups -OCH3 is 1. The van der Waals surface area contributed by atoms with Crippen molar-refractivity contribution in [3.8, 4) is 6.07 Å². The van der Waals surface area contributed by atoms with Gasteiger partial charge in [-0.1, -0.05) is 0 Å². The molecule has 4 heteroatoms. The summed E-state index contributed by atoms with van der Waals surface area (Å²) in [6.07, 6.45) is 4.85. The van der Waals surface area contributed by atoms with Gasteiger partial charge in [-0.15, -0.1) is 0 Å². The molecule has 2 aliphatic carbocycles. The fourth-order valence-corrected chi connectivity index (χ4v) is 2.54. The first kappa shape index (κ1) is 13.8. The lowest BCUT2D eigenvalue weighted by Gasteiger charge is -2.35. The fraction of sp³-hybridized carbons (Fsp3) is 0.929. The number of nitrogens with zero attached hydrogens (tertiary/aromatic N) is 2. The first-order valence-electron chi connectivity index (χ1n) is 6.99. The molecule has 2 fully saturated rings. The summed E-state index contributed by atoms with van der Waals surface area (Å²) in [5.41, 5.74) is -0.335. The van der Waals surface area contributed by atoms with Crippen molar-refractivity contribution in [2.75, 3.05) is 27.3 Å². The highest BCUT2D eigenvalue weighted by Crippen LogP contribution is 2.41. The minimum atomic E-state index is -0.335. The molecule has 18 heavy (non-hydrogen) atoms. The van der Waals surface area contributed by atoms with Crippen LogP contribution in [-0.4, -0.2) is 49.8 Å². The summed E-state index contributed by atoms with van der Waals surface area (Å²) < 4.78 is 5.20. The van der Waals surface area contributed by atoms with E-state index in [9.17, 15) is 5.26 Å². The maximum atomic E-state index is 9.65. The van der Waals surface area contributed by atoms with Crippen molar-refractivity contribution in [1.82, 2.24) is 10.2 Å². The van der Waals surface area contributed by atoms with E-state index < -0.39 is 0 Å². The zero-order chi connectivity index (χ0) is 13.2. The summed E-state index contributed by atoms with van der Waals surface area (Å²) in [6, 6.07) is 3.51. The Morgan fingerprint density at radius 3 is 2.56 bits per heavy atom. The maximum absolute atomic E-state index is 9.65. The van der Waals surface area contributed by atoms with Gasteiger partial charge in [0, 0.05) is 25.7 Å². The van der Waals surface area contributed by atoms with Crippen molar-refractivity contribution < 1.29 is 4.74 Å². The second-order valence-electron chi connectivity index (χ2n) is 6.00. The van der Waals surface area contributed by atoms with Gasteiger partial charge in [0.1, 0.15) is 5.54 Å². The molecule has 0 radical (unpaired) electrons. The molecule has 0 aromatic rings. The minimum Gasteiger partial charge on any atom is -0.383 e. The highest BCUT2D eigenvalue weighted by atomic mass is 16.5. The number of nitrogens with one attached hydrogen (secondary N) is 1. The highest BCUT2D eigenvalue weighted by molar-refractivity contribution is 5.18. The summed E-state index contributed by atoms with van der Waals surface area (Å²) in [5, 5.41) is 13.3. The van der Waals surface area contributed by atoms with Gasteiger partial charge in [0.05, 0.1) is 12.7 Å². The molecule has 1 N–H and O–H groups in total. The van der Waals surface area contributed by atoms with Gasteiger partial charge >= 0.3 is 0 Å². The Labute approximate surface area is 110 Å². The van der Waals surface area contributed by atoms with Gasteiger partial charge in [0.25, 0.3) is 0 Å². The van der Waals surface area contributed by atoms with Crippen molar-refractivity contribution in [3.63, 3.8) is 0 Å². The topological polar surface area (TPSA) is 48.3 Å². The average molecular weight is 251 g/mol. The predicted octanol–water partition coefficient (Wildman–Crippen LogP) is 1.38. The van der Waals surface area contributed by atoms with Gasteiger partial charge in [0.15, 0.2) is 0 Å². The van der Waals surface area contributed by atoms with Crippen LogP contribution in [0.5, 0.6) is 0 Å². The SMILES string of the molecule is COCC(C)N(C)CC(C#N)(NC1CC1)C1CC1. The van der Waals surface area contributed by atoms with Crippen molar-refractivity contribution >= 4 is 0 Å². The number of hydrogen-bond donors (Lipinski definition) is 1. The second kappa shape index (κ2) is 5.56. The molecule has 2 atom stereocenters. The van der Waals surface area contributed by atoms with Crippen LogP contribution in [0.4, 0.5) is 0 Å². The van der Waals surface area contributed by atoms with Gasteiger partial charge in [-0.05, 0) is 45.6 Å². The molecular weight excluding hydrogens is 226 g/mol. The van der Waals surface area contributed by atoms with Crippen LogP contribution < -0.4 is 5.32 Å². The molecule has 2 rings (SSSR count). The first-order chi connectivity index (χ1) is 8.61. The molecule has 0 saturated heterocycles. The smallest absolute Gasteiger partial charge is 0.122 e. The number of ether oxygens (including phenoxy) is 1. The molecule has 0 heterocycles. The van der Waals surface area contributed by atoms with E-state index in [0.717, 1.165) is 6.54 Å². The average Bonchev–Trinajstić information content (AvgIpc) is 3.20. The Morgan fingerprint density at radius 2 is 2.11 bits per heavy atom.